The number of carbonyl (C=O) groups excluding carboxylic acids is 3. The molecule has 1 amide bonds. The first kappa shape index (κ1) is 36.4. The summed E-state index contributed by atoms with van der Waals surface area (Å²) in [6.07, 6.45) is -7.63. The highest BCUT2D eigenvalue weighted by Gasteiger charge is 2.50. The van der Waals surface area contributed by atoms with E-state index in [2.05, 4.69) is 5.32 Å². The lowest BCUT2D eigenvalue weighted by atomic mass is 9.82. The Balaban J connectivity index is 0.000000671. The number of esters is 1. The highest BCUT2D eigenvalue weighted by molar-refractivity contribution is 5.94. The molecule has 3 aromatic carbocycles. The van der Waals surface area contributed by atoms with Gasteiger partial charge in [-0.15, -0.1) is 0 Å². The topological polar surface area (TPSA) is 116 Å². The predicted molar refractivity (Wildman–Crippen MR) is 158 cm³/mol. The second kappa shape index (κ2) is 14.8. The molecule has 3 saturated heterocycles. The molecule has 48 heavy (non-hydrogen) atoms. The van der Waals surface area contributed by atoms with Crippen LogP contribution < -0.4 is 10.4 Å². The second-order valence-electron chi connectivity index (χ2n) is 11.9. The largest absolute Gasteiger partial charge is 0.542 e. The molecular weight excluding hydrogens is 646 g/mol. The lowest BCUT2D eigenvalue weighted by Crippen LogP contribution is -2.65. The Labute approximate surface area is 272 Å². The third-order valence-corrected chi connectivity index (χ3v) is 8.76. The molecule has 3 fully saturated rings. The fraction of sp³-hybridized carbons (Fsp3) is 0.382. The number of carboxylic acid groups (broad SMARTS) is 1. The molecule has 2 N–H and O–H groups in total. The van der Waals surface area contributed by atoms with Gasteiger partial charge in [-0.05, 0) is 29.3 Å². The Morgan fingerprint density at radius 2 is 1.35 bits per heavy atom. The van der Waals surface area contributed by atoms with Crippen LogP contribution >= 0.6 is 0 Å². The Morgan fingerprint density at radius 3 is 1.85 bits per heavy atom. The third-order valence-electron chi connectivity index (χ3n) is 8.76. The van der Waals surface area contributed by atoms with Gasteiger partial charge in [0.2, 0.25) is 5.60 Å². The van der Waals surface area contributed by atoms with Crippen LogP contribution in [0.15, 0.2) is 84.9 Å². The molecule has 0 saturated carbocycles. The summed E-state index contributed by atoms with van der Waals surface area (Å²) < 4.78 is 77.4. The smallest absolute Gasteiger partial charge is 0.430 e. The van der Waals surface area contributed by atoms with Crippen LogP contribution in [0.4, 0.5) is 26.3 Å². The molecule has 3 aliphatic rings. The normalized spacial score (nSPS) is 20.6. The van der Waals surface area contributed by atoms with Gasteiger partial charge in [-0.2, -0.15) is 26.3 Å². The summed E-state index contributed by atoms with van der Waals surface area (Å²) in [5.74, 6) is -4.02. The van der Waals surface area contributed by atoms with Gasteiger partial charge in [-0.25, -0.2) is 4.79 Å². The summed E-state index contributed by atoms with van der Waals surface area (Å²) in [4.78, 5) is 34.9. The number of alkyl halides is 6. The van der Waals surface area contributed by atoms with E-state index in [1.54, 1.807) is 48.5 Å². The van der Waals surface area contributed by atoms with Crippen molar-refractivity contribution in [3.63, 3.8) is 0 Å². The van der Waals surface area contributed by atoms with Crippen LogP contribution in [0.3, 0.4) is 0 Å². The minimum Gasteiger partial charge on any atom is -0.542 e. The maximum Gasteiger partial charge on any atom is 0.430 e. The fourth-order valence-electron chi connectivity index (χ4n) is 6.21. The van der Waals surface area contributed by atoms with Gasteiger partial charge in [-0.1, -0.05) is 66.7 Å². The minimum absolute atomic E-state index is 0.0260. The third kappa shape index (κ3) is 8.72. The van der Waals surface area contributed by atoms with Crippen molar-refractivity contribution < 1.29 is 60.2 Å². The van der Waals surface area contributed by atoms with Crippen molar-refractivity contribution in [3.8, 4) is 0 Å². The van der Waals surface area contributed by atoms with Crippen LogP contribution in [0.1, 0.15) is 46.3 Å². The van der Waals surface area contributed by atoms with E-state index in [1.807, 2.05) is 12.1 Å². The Bertz CT molecular complexity index is 1520. The number of halogens is 6. The number of fused-ring (bicyclic) bond motifs is 3. The summed E-state index contributed by atoms with van der Waals surface area (Å²) in [7, 11) is 0. The van der Waals surface area contributed by atoms with E-state index in [4.69, 9.17) is 14.6 Å². The van der Waals surface area contributed by atoms with Gasteiger partial charge in [0, 0.05) is 37.3 Å². The zero-order valence-corrected chi connectivity index (χ0v) is 25.6. The van der Waals surface area contributed by atoms with Gasteiger partial charge in [-0.3, -0.25) is 4.79 Å². The average Bonchev–Trinajstić information content (AvgIpc) is 3.07. The predicted octanol–water partition coefficient (Wildman–Crippen LogP) is 4.21. The first-order chi connectivity index (χ1) is 22.5. The molecule has 0 spiro atoms. The van der Waals surface area contributed by atoms with E-state index in [0.29, 0.717) is 30.6 Å². The van der Waals surface area contributed by atoms with Crippen molar-refractivity contribution in [2.75, 3.05) is 32.7 Å². The van der Waals surface area contributed by atoms with Gasteiger partial charge < -0.3 is 29.5 Å². The summed E-state index contributed by atoms with van der Waals surface area (Å²) in [5, 5.41) is 23.3. The number of aliphatic carboxylic acids is 1. The van der Waals surface area contributed by atoms with Crippen molar-refractivity contribution in [1.29, 1.82) is 0 Å². The number of aliphatic hydroxyl groups is 1. The molecule has 0 aromatic heterocycles. The fourth-order valence-corrected chi connectivity index (χ4v) is 6.21. The molecule has 3 aromatic rings. The minimum atomic E-state index is -5.19. The van der Waals surface area contributed by atoms with E-state index in [0.717, 1.165) is 49.1 Å². The molecule has 8 nitrogen and oxygen atoms in total. The van der Waals surface area contributed by atoms with E-state index in [1.165, 1.54) is 12.1 Å². The van der Waals surface area contributed by atoms with E-state index in [-0.39, 0.29) is 17.6 Å². The summed E-state index contributed by atoms with van der Waals surface area (Å²) in [6.45, 7) is 3.55. The van der Waals surface area contributed by atoms with Crippen LogP contribution in [0.5, 0.6) is 0 Å². The van der Waals surface area contributed by atoms with Crippen molar-refractivity contribution in [1.82, 2.24) is 5.32 Å². The molecule has 258 valence electrons. The first-order valence-corrected chi connectivity index (χ1v) is 15.2. The van der Waals surface area contributed by atoms with Gasteiger partial charge in [0.05, 0.1) is 25.2 Å². The van der Waals surface area contributed by atoms with E-state index >= 15 is 0 Å². The van der Waals surface area contributed by atoms with Crippen molar-refractivity contribution in [3.05, 3.63) is 107 Å². The highest BCUT2D eigenvalue weighted by atomic mass is 19.4. The second-order valence-corrected chi connectivity index (χ2v) is 11.9. The molecule has 0 radical (unpaired) electrons. The number of amides is 1. The Morgan fingerprint density at radius 1 is 0.833 bits per heavy atom. The molecule has 14 heteroatoms. The molecule has 0 unspecified atom stereocenters. The van der Waals surface area contributed by atoms with E-state index < -0.39 is 41.4 Å². The summed E-state index contributed by atoms with van der Waals surface area (Å²) >= 11 is 0. The number of piperidine rings is 3. The van der Waals surface area contributed by atoms with Crippen molar-refractivity contribution in [2.24, 2.45) is 5.92 Å². The monoisotopic (exact) mass is 680 g/mol. The van der Waals surface area contributed by atoms with Crippen molar-refractivity contribution in [2.45, 2.75) is 43.3 Å². The van der Waals surface area contributed by atoms with Crippen LogP contribution in [0.2, 0.25) is 0 Å². The number of ether oxygens (including phenoxy) is 1. The summed E-state index contributed by atoms with van der Waals surface area (Å²) in [5.41, 5.74) is -1.93. The van der Waals surface area contributed by atoms with Crippen LogP contribution in [-0.4, -0.2) is 72.4 Å². The van der Waals surface area contributed by atoms with Gasteiger partial charge >= 0.3 is 18.3 Å². The zero-order chi connectivity index (χ0) is 35.2. The van der Waals surface area contributed by atoms with Crippen LogP contribution in [-0.2, 0) is 26.1 Å². The van der Waals surface area contributed by atoms with E-state index in [9.17, 15) is 41.0 Å². The van der Waals surface area contributed by atoms with Crippen LogP contribution in [0, 0.1) is 5.92 Å². The molecule has 6 rings (SSSR count). The zero-order valence-electron chi connectivity index (χ0n) is 25.6. The standard InChI is InChI=1S/C32H33F3N2O4.C2HF3O2/c33-32(34,35)27-14-7-9-24(21-27)29(38)36-17-8-18-37-19-15-23(16-20-37)28(22-37)41-30(39)31(40,25-10-3-1-4-11-25)26-12-5-2-6-13-26;3-2(4,5)1(6)7/h1-7,9-14,21,23,28,40H,8,15-20,22H2;(H,6,7)/t23?,28-,37?;/m0./s1. The number of benzene rings is 3. The Hall–Kier alpha value is -4.43. The molecule has 3 aliphatic heterocycles. The lowest BCUT2D eigenvalue weighted by Gasteiger charge is -2.52. The lowest BCUT2D eigenvalue weighted by molar-refractivity contribution is -0.946. The van der Waals surface area contributed by atoms with Gasteiger partial charge in [0.1, 0.15) is 12.5 Å². The number of carboxylic acids is 1. The number of nitrogens with zero attached hydrogens (tertiary/aromatic N) is 1. The maximum atomic E-state index is 13.7. The Kier molecular flexibility index (Phi) is 11.2. The molecular formula is C34H34F6N2O6. The molecule has 0 aliphatic carbocycles. The average molecular weight is 681 g/mol. The highest BCUT2D eigenvalue weighted by Crippen LogP contribution is 2.38. The molecule has 3 heterocycles. The quantitative estimate of drug-likeness (QED) is 0.152. The van der Waals surface area contributed by atoms with Crippen LogP contribution in [0.25, 0.3) is 0 Å². The number of hydrogen-bond donors (Lipinski definition) is 2. The number of quaternary nitrogens is 1. The number of rotatable bonds is 9. The molecule has 1 atom stereocenters. The summed E-state index contributed by atoms with van der Waals surface area (Å²) in [6, 6.07) is 22.0. The van der Waals surface area contributed by atoms with Crippen molar-refractivity contribution >= 4 is 17.8 Å². The van der Waals surface area contributed by atoms with Gasteiger partial charge in [0.15, 0.2) is 6.10 Å². The molecule has 2 bridgehead atoms. The number of carbonyl (C=O) groups is 3. The van der Waals surface area contributed by atoms with Gasteiger partial charge in [0.25, 0.3) is 5.91 Å². The first-order valence-electron chi connectivity index (χ1n) is 15.2. The number of hydrogen-bond acceptors (Lipinski definition) is 6. The SMILES string of the molecule is O=C(NCCC[N+]12CCC(CC1)[C@@H](OC(=O)C(O)(c1ccccc1)c1ccccc1)C2)c1cccc(C(F)(F)F)c1.O=C([O-])C(F)(F)F. The number of nitrogens with one attached hydrogen (secondary N) is 1. The maximum absolute atomic E-state index is 13.7.